The van der Waals surface area contributed by atoms with Crippen molar-refractivity contribution < 1.29 is 4.42 Å². The molecule has 0 saturated heterocycles. The average Bonchev–Trinajstić information content (AvgIpc) is 2.94. The van der Waals surface area contributed by atoms with Crippen LogP contribution >= 0.6 is 0 Å². The minimum Gasteiger partial charge on any atom is -0.472 e. The third-order valence-electron chi connectivity index (χ3n) is 3.02. The molecular weight excluding hydrogens is 226 g/mol. The maximum Gasteiger partial charge on any atom is 0.0954 e. The van der Waals surface area contributed by atoms with Crippen molar-refractivity contribution in [3.05, 3.63) is 66.4 Å². The first-order chi connectivity index (χ1) is 8.90. The van der Waals surface area contributed by atoms with Crippen molar-refractivity contribution in [1.82, 2.24) is 10.4 Å². The van der Waals surface area contributed by atoms with E-state index in [1.165, 1.54) is 0 Å². The number of hydrogen-bond acceptors (Lipinski definition) is 4. The van der Waals surface area contributed by atoms with Gasteiger partial charge < -0.3 is 4.42 Å². The Morgan fingerprint density at radius 2 is 2.06 bits per heavy atom. The molecule has 0 bridgehead atoms. The summed E-state index contributed by atoms with van der Waals surface area (Å²) in [5, 5.41) is 2.23. The van der Waals surface area contributed by atoms with Crippen LogP contribution in [0.25, 0.3) is 10.8 Å². The zero-order valence-corrected chi connectivity index (χ0v) is 9.71. The second-order valence-electron chi connectivity index (χ2n) is 4.07. The first-order valence-corrected chi connectivity index (χ1v) is 5.72. The Bertz CT molecular complexity index is 644. The number of pyridine rings is 1. The predicted molar refractivity (Wildman–Crippen MR) is 69.6 cm³/mol. The van der Waals surface area contributed by atoms with E-state index in [0.29, 0.717) is 0 Å². The van der Waals surface area contributed by atoms with Crippen molar-refractivity contribution in [3.63, 3.8) is 0 Å². The van der Waals surface area contributed by atoms with E-state index in [-0.39, 0.29) is 6.04 Å². The number of aromatic nitrogens is 1. The molecule has 90 valence electrons. The Kier molecular flexibility index (Phi) is 2.80. The number of rotatable bonds is 3. The van der Waals surface area contributed by atoms with E-state index in [2.05, 4.69) is 16.5 Å². The molecule has 4 nitrogen and oxygen atoms in total. The van der Waals surface area contributed by atoms with E-state index in [4.69, 9.17) is 10.3 Å². The third-order valence-corrected chi connectivity index (χ3v) is 3.02. The van der Waals surface area contributed by atoms with Crippen LogP contribution in [0.1, 0.15) is 17.3 Å². The topological polar surface area (TPSA) is 64.1 Å². The van der Waals surface area contributed by atoms with Crippen LogP contribution in [0.4, 0.5) is 0 Å². The summed E-state index contributed by atoms with van der Waals surface area (Å²) in [4.78, 5) is 4.45. The van der Waals surface area contributed by atoms with Crippen molar-refractivity contribution in [2.75, 3.05) is 0 Å². The SMILES string of the molecule is NNC(c1ccoc1)c1nccc2ccccc12. The number of nitrogens with two attached hydrogens (primary N) is 1. The summed E-state index contributed by atoms with van der Waals surface area (Å²) in [5.41, 5.74) is 4.65. The molecular formula is C14H13N3O. The molecule has 2 heterocycles. The molecule has 18 heavy (non-hydrogen) atoms. The van der Waals surface area contributed by atoms with E-state index in [1.807, 2.05) is 30.3 Å². The lowest BCUT2D eigenvalue weighted by molar-refractivity contribution is 0.551. The van der Waals surface area contributed by atoms with E-state index < -0.39 is 0 Å². The van der Waals surface area contributed by atoms with Crippen LogP contribution in [-0.4, -0.2) is 4.98 Å². The van der Waals surface area contributed by atoms with Gasteiger partial charge in [-0.3, -0.25) is 10.8 Å². The molecule has 0 spiro atoms. The van der Waals surface area contributed by atoms with Gasteiger partial charge in [0.05, 0.1) is 24.3 Å². The molecule has 0 amide bonds. The van der Waals surface area contributed by atoms with Crippen molar-refractivity contribution in [2.45, 2.75) is 6.04 Å². The lowest BCUT2D eigenvalue weighted by Gasteiger charge is -2.15. The van der Waals surface area contributed by atoms with Crippen LogP contribution in [-0.2, 0) is 0 Å². The first-order valence-electron chi connectivity index (χ1n) is 5.72. The van der Waals surface area contributed by atoms with Gasteiger partial charge in [-0.05, 0) is 17.5 Å². The Hall–Kier alpha value is -2.17. The smallest absolute Gasteiger partial charge is 0.0954 e. The highest BCUT2D eigenvalue weighted by atomic mass is 16.3. The Balaban J connectivity index is 2.18. The molecule has 0 aliphatic rings. The molecule has 0 saturated carbocycles. The maximum absolute atomic E-state index is 5.66. The van der Waals surface area contributed by atoms with Crippen LogP contribution in [0.2, 0.25) is 0 Å². The van der Waals surface area contributed by atoms with Crippen LogP contribution in [0.3, 0.4) is 0 Å². The molecule has 4 heteroatoms. The van der Waals surface area contributed by atoms with Crippen molar-refractivity contribution in [3.8, 4) is 0 Å². The summed E-state index contributed by atoms with van der Waals surface area (Å²) < 4.78 is 5.11. The molecule has 2 aromatic heterocycles. The molecule has 1 atom stereocenters. The standard InChI is InChI=1S/C14H13N3O/c15-17-13(11-6-8-18-9-11)14-12-4-2-1-3-10(12)5-7-16-14/h1-9,13,17H,15H2. The van der Waals surface area contributed by atoms with Crippen molar-refractivity contribution in [1.29, 1.82) is 0 Å². The Labute approximate surface area is 104 Å². The summed E-state index contributed by atoms with van der Waals surface area (Å²) in [6.07, 6.45) is 5.10. The van der Waals surface area contributed by atoms with Gasteiger partial charge in [-0.25, -0.2) is 5.43 Å². The highest BCUT2D eigenvalue weighted by molar-refractivity contribution is 5.85. The lowest BCUT2D eigenvalue weighted by Crippen LogP contribution is -2.29. The lowest BCUT2D eigenvalue weighted by atomic mass is 10.0. The number of hydrazine groups is 1. The minimum atomic E-state index is -0.171. The molecule has 1 unspecified atom stereocenters. The summed E-state index contributed by atoms with van der Waals surface area (Å²) in [6, 6.07) is 11.8. The van der Waals surface area contributed by atoms with E-state index in [9.17, 15) is 0 Å². The normalized spacial score (nSPS) is 12.7. The number of nitrogens with zero attached hydrogens (tertiary/aromatic N) is 1. The quantitative estimate of drug-likeness (QED) is 0.544. The maximum atomic E-state index is 5.66. The Morgan fingerprint density at radius 3 is 2.83 bits per heavy atom. The predicted octanol–water partition coefficient (Wildman–Crippen LogP) is 2.38. The van der Waals surface area contributed by atoms with Gasteiger partial charge in [-0.1, -0.05) is 24.3 Å². The molecule has 3 rings (SSSR count). The highest BCUT2D eigenvalue weighted by Crippen LogP contribution is 2.26. The summed E-state index contributed by atoms with van der Waals surface area (Å²) >= 11 is 0. The average molecular weight is 239 g/mol. The van der Waals surface area contributed by atoms with Crippen molar-refractivity contribution in [2.24, 2.45) is 5.84 Å². The van der Waals surface area contributed by atoms with Gasteiger partial charge in [0.25, 0.3) is 0 Å². The van der Waals surface area contributed by atoms with Gasteiger partial charge in [0.2, 0.25) is 0 Å². The van der Waals surface area contributed by atoms with Crippen LogP contribution < -0.4 is 11.3 Å². The van der Waals surface area contributed by atoms with Gasteiger partial charge in [0.15, 0.2) is 0 Å². The number of nitrogens with one attached hydrogen (secondary N) is 1. The van der Waals surface area contributed by atoms with Gasteiger partial charge in [0.1, 0.15) is 0 Å². The third kappa shape index (κ3) is 1.77. The van der Waals surface area contributed by atoms with Gasteiger partial charge in [-0.15, -0.1) is 0 Å². The number of furan rings is 1. The first kappa shape index (κ1) is 11.0. The summed E-state index contributed by atoms with van der Waals surface area (Å²) in [6.45, 7) is 0. The Morgan fingerprint density at radius 1 is 1.17 bits per heavy atom. The fraction of sp³-hybridized carbons (Fsp3) is 0.0714. The van der Waals surface area contributed by atoms with Crippen LogP contribution in [0, 0.1) is 0 Å². The van der Waals surface area contributed by atoms with Crippen LogP contribution in [0.15, 0.2) is 59.5 Å². The molecule has 1 aromatic carbocycles. The minimum absolute atomic E-state index is 0.171. The molecule has 0 aliphatic heterocycles. The second-order valence-corrected chi connectivity index (χ2v) is 4.07. The zero-order chi connectivity index (χ0) is 12.4. The van der Waals surface area contributed by atoms with Gasteiger partial charge in [-0.2, -0.15) is 0 Å². The fourth-order valence-electron chi connectivity index (χ4n) is 2.15. The molecule has 0 radical (unpaired) electrons. The largest absolute Gasteiger partial charge is 0.472 e. The number of hydrogen-bond donors (Lipinski definition) is 2. The molecule has 0 fully saturated rings. The second kappa shape index (κ2) is 4.60. The fourth-order valence-corrected chi connectivity index (χ4v) is 2.15. The van der Waals surface area contributed by atoms with Crippen molar-refractivity contribution >= 4 is 10.8 Å². The van der Waals surface area contributed by atoms with Gasteiger partial charge in [0, 0.05) is 17.1 Å². The number of fused-ring (bicyclic) bond motifs is 1. The summed E-state index contributed by atoms with van der Waals surface area (Å²) in [7, 11) is 0. The van der Waals surface area contributed by atoms with Gasteiger partial charge >= 0.3 is 0 Å². The monoisotopic (exact) mass is 239 g/mol. The summed E-state index contributed by atoms with van der Waals surface area (Å²) in [5.74, 6) is 5.66. The van der Waals surface area contributed by atoms with Crippen LogP contribution in [0.5, 0.6) is 0 Å². The molecule has 3 N–H and O–H groups in total. The van der Waals surface area contributed by atoms with E-state index in [0.717, 1.165) is 22.0 Å². The number of benzene rings is 1. The van der Waals surface area contributed by atoms with E-state index >= 15 is 0 Å². The highest BCUT2D eigenvalue weighted by Gasteiger charge is 2.17. The molecule has 3 aromatic rings. The zero-order valence-electron chi connectivity index (χ0n) is 9.71. The van der Waals surface area contributed by atoms with E-state index in [1.54, 1.807) is 18.7 Å². The molecule has 0 aliphatic carbocycles.